The second-order valence-corrected chi connectivity index (χ2v) is 6.29. The van der Waals surface area contributed by atoms with Gasteiger partial charge in [0.1, 0.15) is 0 Å². The molecule has 0 amide bonds. The van der Waals surface area contributed by atoms with Gasteiger partial charge >= 0.3 is 0 Å². The maximum atomic E-state index is 4.58. The predicted octanol–water partition coefficient (Wildman–Crippen LogP) is 3.92. The van der Waals surface area contributed by atoms with Crippen molar-refractivity contribution in [2.45, 2.75) is 25.8 Å². The van der Waals surface area contributed by atoms with Crippen molar-refractivity contribution in [1.82, 2.24) is 15.1 Å². The lowest BCUT2D eigenvalue weighted by Crippen LogP contribution is -2.24. The van der Waals surface area contributed by atoms with Crippen LogP contribution < -0.4 is 5.32 Å². The van der Waals surface area contributed by atoms with Gasteiger partial charge in [-0.15, -0.1) is 11.3 Å². The molecule has 0 spiro atoms. The lowest BCUT2D eigenvalue weighted by Gasteiger charge is -2.16. The summed E-state index contributed by atoms with van der Waals surface area (Å²) in [6.07, 6.45) is 4.14. The molecule has 2 heterocycles. The quantitative estimate of drug-likeness (QED) is 0.747. The Morgan fingerprint density at radius 2 is 2.14 bits per heavy atom. The number of thiophene rings is 1. The van der Waals surface area contributed by atoms with E-state index < -0.39 is 0 Å². The van der Waals surface area contributed by atoms with Crippen LogP contribution in [-0.2, 0) is 13.5 Å². The van der Waals surface area contributed by atoms with Crippen molar-refractivity contribution in [2.24, 2.45) is 7.05 Å². The maximum Gasteiger partial charge on any atom is 0.0797 e. The van der Waals surface area contributed by atoms with Gasteiger partial charge in [0.2, 0.25) is 0 Å². The molecule has 0 fully saturated rings. The molecule has 0 aliphatic carbocycles. The average molecular weight is 299 g/mol. The summed E-state index contributed by atoms with van der Waals surface area (Å²) in [5, 5.41) is 11.9. The molecule has 0 saturated carbocycles. The zero-order valence-corrected chi connectivity index (χ0v) is 13.4. The Balaban J connectivity index is 1.87. The van der Waals surface area contributed by atoms with E-state index in [2.05, 4.69) is 53.1 Å². The van der Waals surface area contributed by atoms with Crippen LogP contribution in [0.4, 0.5) is 0 Å². The molecule has 21 heavy (non-hydrogen) atoms. The van der Waals surface area contributed by atoms with Crippen molar-refractivity contribution in [3.8, 4) is 0 Å². The first-order valence-electron chi connectivity index (χ1n) is 7.46. The monoisotopic (exact) mass is 299 g/mol. The number of aryl methyl sites for hydroxylation is 1. The van der Waals surface area contributed by atoms with E-state index in [-0.39, 0.29) is 6.04 Å². The zero-order valence-electron chi connectivity index (χ0n) is 12.5. The minimum absolute atomic E-state index is 0.282. The normalized spacial score (nSPS) is 12.9. The van der Waals surface area contributed by atoms with E-state index in [4.69, 9.17) is 0 Å². The molecular weight excluding hydrogens is 278 g/mol. The highest BCUT2D eigenvalue weighted by Gasteiger charge is 2.16. The molecule has 110 valence electrons. The summed E-state index contributed by atoms with van der Waals surface area (Å²) >= 11 is 1.83. The van der Waals surface area contributed by atoms with Crippen molar-refractivity contribution < 1.29 is 0 Å². The van der Waals surface area contributed by atoms with E-state index in [1.807, 2.05) is 29.3 Å². The highest BCUT2D eigenvalue weighted by atomic mass is 32.1. The lowest BCUT2D eigenvalue weighted by atomic mass is 10.0. The van der Waals surface area contributed by atoms with Crippen LogP contribution in [0.3, 0.4) is 0 Å². The molecule has 1 aromatic carbocycles. The summed E-state index contributed by atoms with van der Waals surface area (Å²) in [6, 6.07) is 11.0. The number of fused-ring (bicyclic) bond motifs is 1. The van der Waals surface area contributed by atoms with Crippen LogP contribution >= 0.6 is 11.3 Å². The molecule has 1 unspecified atom stereocenters. The second-order valence-electron chi connectivity index (χ2n) is 5.38. The van der Waals surface area contributed by atoms with Crippen molar-refractivity contribution in [2.75, 3.05) is 6.54 Å². The van der Waals surface area contributed by atoms with Gasteiger partial charge in [-0.3, -0.25) is 4.68 Å². The Hall–Kier alpha value is -1.65. The largest absolute Gasteiger partial charge is 0.308 e. The van der Waals surface area contributed by atoms with E-state index in [1.165, 1.54) is 15.6 Å². The van der Waals surface area contributed by atoms with Gasteiger partial charge in [0.05, 0.1) is 11.7 Å². The topological polar surface area (TPSA) is 29.9 Å². The van der Waals surface area contributed by atoms with Gasteiger partial charge in [0.25, 0.3) is 0 Å². The summed E-state index contributed by atoms with van der Waals surface area (Å²) in [6.45, 7) is 3.21. The van der Waals surface area contributed by atoms with E-state index in [0.29, 0.717) is 0 Å². The Bertz CT molecular complexity index is 713. The van der Waals surface area contributed by atoms with Crippen LogP contribution in [0.5, 0.6) is 0 Å². The van der Waals surface area contributed by atoms with Gasteiger partial charge in [-0.25, -0.2) is 0 Å². The third kappa shape index (κ3) is 3.17. The number of benzene rings is 1. The molecule has 3 nitrogen and oxygen atoms in total. The molecule has 0 aliphatic rings. The number of rotatable bonds is 6. The first-order chi connectivity index (χ1) is 10.3. The Morgan fingerprint density at radius 1 is 1.29 bits per heavy atom. The summed E-state index contributed by atoms with van der Waals surface area (Å²) in [7, 11) is 1.97. The molecule has 0 bridgehead atoms. The van der Waals surface area contributed by atoms with Crippen LogP contribution in [0.15, 0.2) is 41.9 Å². The Kier molecular flexibility index (Phi) is 4.36. The predicted molar refractivity (Wildman–Crippen MR) is 89.8 cm³/mol. The average Bonchev–Trinajstić information content (AvgIpc) is 3.10. The Labute approximate surface area is 129 Å². The standard InChI is InChI=1S/C17H21N3S/c1-3-9-18-16(15-8-10-20(2)19-15)11-13-12-21-17-7-5-4-6-14(13)17/h4-8,10,12,16,18H,3,9,11H2,1-2H3. The maximum absolute atomic E-state index is 4.58. The first-order valence-corrected chi connectivity index (χ1v) is 8.34. The number of hydrogen-bond donors (Lipinski definition) is 1. The molecule has 2 aromatic heterocycles. The first kappa shape index (κ1) is 14.3. The molecule has 0 aliphatic heterocycles. The van der Waals surface area contributed by atoms with Crippen LogP contribution in [0.2, 0.25) is 0 Å². The lowest BCUT2D eigenvalue weighted by molar-refractivity contribution is 0.512. The van der Waals surface area contributed by atoms with Crippen molar-refractivity contribution in [3.05, 3.63) is 53.2 Å². The van der Waals surface area contributed by atoms with Gasteiger partial charge < -0.3 is 5.32 Å². The molecule has 1 atom stereocenters. The smallest absolute Gasteiger partial charge is 0.0797 e. The minimum Gasteiger partial charge on any atom is -0.308 e. The van der Waals surface area contributed by atoms with Gasteiger partial charge in [-0.05, 0) is 47.8 Å². The van der Waals surface area contributed by atoms with Crippen LogP contribution in [0.1, 0.15) is 30.6 Å². The highest BCUT2D eigenvalue weighted by Crippen LogP contribution is 2.29. The third-order valence-corrected chi connectivity index (χ3v) is 4.73. The molecule has 0 saturated heterocycles. The minimum atomic E-state index is 0.282. The molecular formula is C17H21N3S. The van der Waals surface area contributed by atoms with Crippen LogP contribution in [0, 0.1) is 0 Å². The zero-order chi connectivity index (χ0) is 14.7. The van der Waals surface area contributed by atoms with Gasteiger partial charge in [0, 0.05) is 17.9 Å². The van der Waals surface area contributed by atoms with Crippen LogP contribution in [-0.4, -0.2) is 16.3 Å². The van der Waals surface area contributed by atoms with Gasteiger partial charge in [-0.2, -0.15) is 5.10 Å². The Morgan fingerprint density at radius 3 is 2.90 bits per heavy atom. The highest BCUT2D eigenvalue weighted by molar-refractivity contribution is 7.17. The summed E-state index contributed by atoms with van der Waals surface area (Å²) < 4.78 is 3.24. The molecule has 1 N–H and O–H groups in total. The number of hydrogen-bond acceptors (Lipinski definition) is 3. The fourth-order valence-electron chi connectivity index (χ4n) is 2.63. The number of aromatic nitrogens is 2. The van der Waals surface area contributed by atoms with E-state index in [9.17, 15) is 0 Å². The van der Waals surface area contributed by atoms with E-state index in [1.54, 1.807) is 0 Å². The van der Waals surface area contributed by atoms with Crippen molar-refractivity contribution in [1.29, 1.82) is 0 Å². The van der Waals surface area contributed by atoms with E-state index >= 15 is 0 Å². The van der Waals surface area contributed by atoms with Crippen LogP contribution in [0.25, 0.3) is 10.1 Å². The van der Waals surface area contributed by atoms with Gasteiger partial charge in [0.15, 0.2) is 0 Å². The van der Waals surface area contributed by atoms with E-state index in [0.717, 1.165) is 25.1 Å². The molecule has 4 heteroatoms. The summed E-state index contributed by atoms with van der Waals surface area (Å²) in [4.78, 5) is 0. The number of nitrogens with zero attached hydrogens (tertiary/aromatic N) is 2. The van der Waals surface area contributed by atoms with Crippen molar-refractivity contribution in [3.63, 3.8) is 0 Å². The molecule has 0 radical (unpaired) electrons. The van der Waals surface area contributed by atoms with Gasteiger partial charge in [-0.1, -0.05) is 25.1 Å². The number of nitrogens with one attached hydrogen (secondary N) is 1. The van der Waals surface area contributed by atoms with Crippen molar-refractivity contribution >= 4 is 21.4 Å². The SMILES string of the molecule is CCCNC(Cc1csc2ccccc12)c1ccn(C)n1. The second kappa shape index (κ2) is 6.41. The molecule has 3 aromatic rings. The third-order valence-electron chi connectivity index (χ3n) is 3.72. The molecule has 3 rings (SSSR count). The fourth-order valence-corrected chi connectivity index (χ4v) is 3.61. The fraction of sp³-hybridized carbons (Fsp3) is 0.353. The summed E-state index contributed by atoms with van der Waals surface area (Å²) in [5.41, 5.74) is 2.54. The summed E-state index contributed by atoms with van der Waals surface area (Å²) in [5.74, 6) is 0.